The molecule has 31 heavy (non-hydrogen) atoms. The Hall–Kier alpha value is -1.59. The van der Waals surface area contributed by atoms with Crippen LogP contribution in [-0.4, -0.2) is 82.8 Å². The second kappa shape index (κ2) is 13.1. The van der Waals surface area contributed by atoms with Gasteiger partial charge in [0.15, 0.2) is 12.6 Å². The van der Waals surface area contributed by atoms with Crippen molar-refractivity contribution in [2.45, 2.75) is 64.6 Å². The first-order chi connectivity index (χ1) is 14.8. The molecule has 0 radical (unpaired) electrons. The van der Waals surface area contributed by atoms with Crippen LogP contribution in [0.1, 0.15) is 46.0 Å². The fourth-order valence-corrected chi connectivity index (χ4v) is 3.55. The van der Waals surface area contributed by atoms with Gasteiger partial charge in [-0.25, -0.2) is 0 Å². The van der Waals surface area contributed by atoms with Crippen molar-refractivity contribution in [2.75, 3.05) is 46.6 Å². The number of amides is 2. The van der Waals surface area contributed by atoms with Crippen molar-refractivity contribution in [3.8, 4) is 0 Å². The molecule has 178 valence electrons. The smallest absolute Gasteiger partial charge is 0.243 e. The molecular formula is C21H37N3O7. The Morgan fingerprint density at radius 1 is 0.903 bits per heavy atom. The third-order valence-electron chi connectivity index (χ3n) is 5.27. The van der Waals surface area contributed by atoms with Gasteiger partial charge >= 0.3 is 0 Å². The average molecular weight is 444 g/mol. The molecular weight excluding hydrogens is 406 g/mol. The Labute approximate surface area is 184 Å². The molecule has 2 amide bonds. The highest BCUT2D eigenvalue weighted by Crippen LogP contribution is 2.31. The van der Waals surface area contributed by atoms with Gasteiger partial charge in [0.05, 0.1) is 31.8 Å². The normalized spacial score (nSPS) is 26.9. The first-order valence-corrected chi connectivity index (χ1v) is 11.0. The molecule has 1 unspecified atom stereocenters. The Morgan fingerprint density at radius 3 is 1.87 bits per heavy atom. The lowest BCUT2D eigenvalue weighted by Gasteiger charge is -2.43. The van der Waals surface area contributed by atoms with E-state index in [1.54, 1.807) is 0 Å². The zero-order valence-electron chi connectivity index (χ0n) is 18.9. The number of carbonyl (C=O) groups is 3. The third kappa shape index (κ3) is 9.20. The number of Topliss-reactive ketones (excluding diaryl/α,β-unsaturated/α-hetero) is 1. The van der Waals surface area contributed by atoms with E-state index in [-0.39, 0.29) is 42.0 Å². The summed E-state index contributed by atoms with van der Waals surface area (Å²) < 4.78 is 23.4. The predicted molar refractivity (Wildman–Crippen MR) is 112 cm³/mol. The van der Waals surface area contributed by atoms with E-state index in [1.165, 1.54) is 13.8 Å². The van der Waals surface area contributed by atoms with Crippen LogP contribution in [0.5, 0.6) is 0 Å². The minimum Gasteiger partial charge on any atom is -0.354 e. The lowest BCUT2D eigenvalue weighted by Crippen LogP contribution is -2.52. The Kier molecular flexibility index (Phi) is 10.8. The standard InChI is InChI=1S/C21H37N3O7/c1-15(25)10-17(24-16(2)26)20(27)23-9-5-7-19-30-13-21(14-31-19)11-28-18(29-12-21)6-4-8-22-3/h17-19,22H,4-14H2,1-3H3,(H,23,27)(H,24,26). The minimum atomic E-state index is -0.842. The maximum atomic E-state index is 12.2. The number of ether oxygens (including phenoxy) is 4. The SMILES string of the molecule is CNCCCC1OCC2(CO1)COC(CCCNC(=O)C(CC(C)=O)NC(C)=O)OC2. The highest BCUT2D eigenvalue weighted by Gasteiger charge is 2.41. The Balaban J connectivity index is 1.61. The molecule has 0 aromatic heterocycles. The van der Waals surface area contributed by atoms with Gasteiger partial charge in [0.25, 0.3) is 0 Å². The van der Waals surface area contributed by atoms with Crippen molar-refractivity contribution in [3.63, 3.8) is 0 Å². The van der Waals surface area contributed by atoms with E-state index >= 15 is 0 Å². The third-order valence-corrected chi connectivity index (χ3v) is 5.27. The van der Waals surface area contributed by atoms with Crippen LogP contribution in [0.25, 0.3) is 0 Å². The van der Waals surface area contributed by atoms with Crippen molar-refractivity contribution >= 4 is 17.6 Å². The van der Waals surface area contributed by atoms with Crippen LogP contribution in [0.15, 0.2) is 0 Å². The highest BCUT2D eigenvalue weighted by molar-refractivity contribution is 5.91. The lowest BCUT2D eigenvalue weighted by molar-refractivity contribution is -0.304. The molecule has 0 aromatic rings. The summed E-state index contributed by atoms with van der Waals surface area (Å²) in [5, 5.41) is 8.37. The molecule has 0 bridgehead atoms. The molecule has 10 nitrogen and oxygen atoms in total. The fourth-order valence-electron chi connectivity index (χ4n) is 3.55. The van der Waals surface area contributed by atoms with Crippen molar-refractivity contribution in [1.29, 1.82) is 0 Å². The second-order valence-electron chi connectivity index (χ2n) is 8.44. The van der Waals surface area contributed by atoms with Crippen LogP contribution < -0.4 is 16.0 Å². The van der Waals surface area contributed by atoms with Crippen molar-refractivity contribution in [1.82, 2.24) is 16.0 Å². The lowest BCUT2D eigenvalue weighted by atomic mass is 9.90. The summed E-state index contributed by atoms with van der Waals surface area (Å²) in [7, 11) is 1.93. The van der Waals surface area contributed by atoms with Gasteiger partial charge in [-0.2, -0.15) is 0 Å². The summed E-state index contributed by atoms with van der Waals surface area (Å²) in [6, 6.07) is -0.842. The van der Waals surface area contributed by atoms with E-state index < -0.39 is 6.04 Å². The van der Waals surface area contributed by atoms with Gasteiger partial charge in [-0.15, -0.1) is 0 Å². The molecule has 2 rings (SSSR count). The molecule has 0 aliphatic carbocycles. The van der Waals surface area contributed by atoms with E-state index in [1.807, 2.05) is 7.05 Å². The Bertz CT molecular complexity index is 568. The van der Waals surface area contributed by atoms with Gasteiger partial charge in [0.2, 0.25) is 11.8 Å². The monoisotopic (exact) mass is 443 g/mol. The van der Waals surface area contributed by atoms with Crippen molar-refractivity contribution in [3.05, 3.63) is 0 Å². The van der Waals surface area contributed by atoms with Crippen molar-refractivity contribution in [2.24, 2.45) is 5.41 Å². The summed E-state index contributed by atoms with van der Waals surface area (Å²) in [5.74, 6) is -0.873. The van der Waals surface area contributed by atoms with Crippen LogP contribution in [0.2, 0.25) is 0 Å². The molecule has 10 heteroatoms. The predicted octanol–water partition coefficient (Wildman–Crippen LogP) is 0.0984. The number of rotatable bonds is 12. The summed E-state index contributed by atoms with van der Waals surface area (Å²) in [4.78, 5) is 34.7. The van der Waals surface area contributed by atoms with Crippen LogP contribution in [0, 0.1) is 5.41 Å². The molecule has 2 fully saturated rings. The zero-order valence-corrected chi connectivity index (χ0v) is 18.9. The number of hydrogen-bond acceptors (Lipinski definition) is 8. The van der Waals surface area contributed by atoms with E-state index in [9.17, 15) is 14.4 Å². The maximum absolute atomic E-state index is 12.2. The van der Waals surface area contributed by atoms with Crippen LogP contribution in [0.3, 0.4) is 0 Å². The summed E-state index contributed by atoms with van der Waals surface area (Å²) in [5.41, 5.74) is -0.261. The summed E-state index contributed by atoms with van der Waals surface area (Å²) in [6.45, 7) is 6.18. The van der Waals surface area contributed by atoms with E-state index in [0.717, 1.165) is 19.4 Å². The molecule has 1 atom stereocenters. The molecule has 2 aliphatic rings. The minimum absolute atomic E-state index is 0.0250. The van der Waals surface area contributed by atoms with Crippen molar-refractivity contribution < 1.29 is 33.3 Å². The van der Waals surface area contributed by atoms with E-state index in [2.05, 4.69) is 16.0 Å². The Morgan fingerprint density at radius 2 is 1.42 bits per heavy atom. The fraction of sp³-hybridized carbons (Fsp3) is 0.857. The second-order valence-corrected chi connectivity index (χ2v) is 8.44. The quantitative estimate of drug-likeness (QED) is 0.363. The summed E-state index contributed by atoms with van der Waals surface area (Å²) in [6.07, 6.45) is 2.62. The molecule has 0 aromatic carbocycles. The van der Waals surface area contributed by atoms with Crippen LogP contribution >= 0.6 is 0 Å². The van der Waals surface area contributed by atoms with Crippen LogP contribution in [-0.2, 0) is 33.3 Å². The van der Waals surface area contributed by atoms with Gasteiger partial charge < -0.3 is 34.9 Å². The molecule has 2 saturated heterocycles. The first-order valence-electron chi connectivity index (χ1n) is 11.0. The molecule has 3 N–H and O–H groups in total. The van der Waals surface area contributed by atoms with Gasteiger partial charge in [0, 0.05) is 26.3 Å². The molecule has 2 aliphatic heterocycles. The zero-order chi connectivity index (χ0) is 22.7. The van der Waals surface area contributed by atoms with Gasteiger partial charge in [-0.3, -0.25) is 14.4 Å². The highest BCUT2D eigenvalue weighted by atomic mass is 16.7. The maximum Gasteiger partial charge on any atom is 0.243 e. The molecule has 2 heterocycles. The van der Waals surface area contributed by atoms with E-state index in [0.29, 0.717) is 45.8 Å². The van der Waals surface area contributed by atoms with E-state index in [4.69, 9.17) is 18.9 Å². The number of nitrogens with one attached hydrogen (secondary N) is 3. The van der Waals surface area contributed by atoms with Gasteiger partial charge in [-0.1, -0.05) is 0 Å². The topological polar surface area (TPSA) is 124 Å². The summed E-state index contributed by atoms with van der Waals surface area (Å²) >= 11 is 0. The number of hydrogen-bond donors (Lipinski definition) is 3. The average Bonchev–Trinajstić information content (AvgIpc) is 2.73. The molecule has 1 spiro atoms. The number of carbonyl (C=O) groups excluding carboxylic acids is 3. The number of ketones is 1. The first kappa shape index (κ1) is 25.7. The molecule has 0 saturated carbocycles. The van der Waals surface area contributed by atoms with Gasteiger partial charge in [0.1, 0.15) is 11.8 Å². The van der Waals surface area contributed by atoms with Gasteiger partial charge in [-0.05, 0) is 39.8 Å². The largest absolute Gasteiger partial charge is 0.354 e. The van der Waals surface area contributed by atoms with Crippen LogP contribution in [0.4, 0.5) is 0 Å².